The van der Waals surface area contributed by atoms with E-state index in [-0.39, 0.29) is 36.5 Å². The number of nitrogens with zero attached hydrogens (tertiary/aromatic N) is 2. The maximum Gasteiger partial charge on any atom is 0.258 e. The predicted molar refractivity (Wildman–Crippen MR) is 137 cm³/mol. The molecule has 9 heteroatoms. The third kappa shape index (κ3) is 5.37. The van der Waals surface area contributed by atoms with Crippen molar-refractivity contribution < 1.29 is 19.4 Å². The molecule has 2 heterocycles. The normalized spacial score (nSPS) is 18.7. The fraction of sp³-hybridized carbons (Fsp3) is 0.346. The molecule has 0 saturated heterocycles. The molecule has 0 bridgehead atoms. The molecular weight excluding hydrogens is 464 g/mol. The fourth-order valence-corrected chi connectivity index (χ4v) is 4.76. The van der Waals surface area contributed by atoms with Gasteiger partial charge < -0.3 is 25.4 Å². The quantitative estimate of drug-likeness (QED) is 0.465. The Morgan fingerprint density at radius 3 is 2.71 bits per heavy atom. The third-order valence-electron chi connectivity index (χ3n) is 6.17. The van der Waals surface area contributed by atoms with Gasteiger partial charge in [-0.2, -0.15) is 0 Å². The number of carbonyl (C=O) groups is 2. The molecule has 1 aromatic heterocycles. The zero-order valence-electron chi connectivity index (χ0n) is 20.0. The Balaban J connectivity index is 1.65. The summed E-state index contributed by atoms with van der Waals surface area (Å²) in [6.45, 7) is 4.72. The molecule has 8 nitrogen and oxygen atoms in total. The van der Waals surface area contributed by atoms with Crippen molar-refractivity contribution in [2.24, 2.45) is 5.92 Å². The highest BCUT2D eigenvalue weighted by atomic mass is 32.1. The second kappa shape index (κ2) is 11.0. The van der Waals surface area contributed by atoms with Crippen molar-refractivity contribution in [3.05, 3.63) is 65.2 Å². The fourth-order valence-electron chi connectivity index (χ4n) is 4.11. The van der Waals surface area contributed by atoms with Gasteiger partial charge in [0.05, 0.1) is 23.9 Å². The van der Waals surface area contributed by atoms with E-state index in [4.69, 9.17) is 4.74 Å². The van der Waals surface area contributed by atoms with Crippen molar-refractivity contribution >= 4 is 28.8 Å². The summed E-state index contributed by atoms with van der Waals surface area (Å²) >= 11 is 1.54. The number of hydrogen-bond acceptors (Lipinski definition) is 7. The molecule has 0 spiro atoms. The molecule has 2 aromatic carbocycles. The first-order chi connectivity index (χ1) is 16.9. The first-order valence-corrected chi connectivity index (χ1v) is 12.5. The van der Waals surface area contributed by atoms with Gasteiger partial charge in [-0.05, 0) is 38.2 Å². The number of benzene rings is 2. The Morgan fingerprint density at radius 2 is 2.06 bits per heavy atom. The predicted octanol–water partition coefficient (Wildman–Crippen LogP) is 3.50. The number of ether oxygens (including phenoxy) is 1. The minimum atomic E-state index is -0.347. The van der Waals surface area contributed by atoms with Crippen LogP contribution >= 0.6 is 11.3 Å². The lowest BCUT2D eigenvalue weighted by Gasteiger charge is -2.37. The Kier molecular flexibility index (Phi) is 7.80. The van der Waals surface area contributed by atoms with Crippen molar-refractivity contribution in [2.45, 2.75) is 26.0 Å². The summed E-state index contributed by atoms with van der Waals surface area (Å²) in [5.74, 6) is -0.205. The number of thiazole rings is 1. The number of carbonyl (C=O) groups excluding carboxylic acids is 2. The monoisotopic (exact) mass is 494 g/mol. The van der Waals surface area contributed by atoms with E-state index in [1.807, 2.05) is 38.4 Å². The lowest BCUT2D eigenvalue weighted by molar-refractivity contribution is 0.0417. The second-order valence-electron chi connectivity index (χ2n) is 8.73. The number of amides is 2. The summed E-state index contributed by atoms with van der Waals surface area (Å²) in [6, 6.07) is 12.0. The zero-order chi connectivity index (χ0) is 24.9. The largest absolute Gasteiger partial charge is 0.486 e. The highest BCUT2D eigenvalue weighted by Crippen LogP contribution is 2.35. The third-order valence-corrected chi connectivity index (χ3v) is 6.99. The maximum atomic E-state index is 13.5. The molecule has 4 rings (SSSR count). The Bertz CT molecular complexity index is 1170. The van der Waals surface area contributed by atoms with Crippen molar-refractivity contribution in [1.29, 1.82) is 0 Å². The Labute approximate surface area is 209 Å². The van der Waals surface area contributed by atoms with Gasteiger partial charge in [0, 0.05) is 41.7 Å². The second-order valence-corrected chi connectivity index (χ2v) is 9.63. The van der Waals surface area contributed by atoms with Crippen LogP contribution in [0, 0.1) is 5.92 Å². The molecule has 35 heavy (non-hydrogen) atoms. The molecule has 0 unspecified atom stereocenters. The minimum Gasteiger partial charge on any atom is -0.486 e. The number of aromatic nitrogens is 1. The van der Waals surface area contributed by atoms with E-state index in [2.05, 4.69) is 15.6 Å². The van der Waals surface area contributed by atoms with Crippen molar-refractivity contribution in [2.75, 3.05) is 32.1 Å². The Morgan fingerprint density at radius 1 is 1.29 bits per heavy atom. The van der Waals surface area contributed by atoms with Crippen molar-refractivity contribution in [3.8, 4) is 16.3 Å². The van der Waals surface area contributed by atoms with Crippen LogP contribution in [0.25, 0.3) is 10.6 Å². The van der Waals surface area contributed by atoms with Crippen LogP contribution in [-0.2, 0) is 0 Å². The number of fused-ring (bicyclic) bond motifs is 1. The van der Waals surface area contributed by atoms with Gasteiger partial charge in [0.1, 0.15) is 11.1 Å². The van der Waals surface area contributed by atoms with Crippen LogP contribution in [-0.4, -0.2) is 65.7 Å². The molecular formula is C26H30N4O4S. The number of likely N-dealkylation sites (N-methyl/N-ethyl adjacent to an activating group) is 1. The van der Waals surface area contributed by atoms with E-state index in [0.717, 1.165) is 10.6 Å². The van der Waals surface area contributed by atoms with Gasteiger partial charge in [0.15, 0.2) is 5.75 Å². The lowest BCUT2D eigenvalue weighted by atomic mass is 9.99. The highest BCUT2D eigenvalue weighted by Gasteiger charge is 2.33. The van der Waals surface area contributed by atoms with Gasteiger partial charge in [-0.1, -0.05) is 25.1 Å². The van der Waals surface area contributed by atoms with Crippen LogP contribution in [0.2, 0.25) is 0 Å². The van der Waals surface area contributed by atoms with Crippen LogP contribution < -0.4 is 15.4 Å². The van der Waals surface area contributed by atoms with E-state index in [0.29, 0.717) is 35.7 Å². The summed E-state index contributed by atoms with van der Waals surface area (Å²) < 4.78 is 6.36. The molecule has 0 radical (unpaired) electrons. The molecule has 3 atom stereocenters. The topological polar surface area (TPSA) is 104 Å². The number of aliphatic hydroxyl groups is 1. The molecule has 184 valence electrons. The molecule has 1 aliphatic heterocycles. The van der Waals surface area contributed by atoms with E-state index >= 15 is 0 Å². The summed E-state index contributed by atoms with van der Waals surface area (Å²) in [7, 11) is 1.85. The molecule has 0 aliphatic carbocycles. The van der Waals surface area contributed by atoms with Crippen molar-refractivity contribution in [3.63, 3.8) is 0 Å². The highest BCUT2D eigenvalue weighted by molar-refractivity contribution is 7.13. The number of aliphatic hydroxyl groups excluding tert-OH is 1. The van der Waals surface area contributed by atoms with E-state index in [9.17, 15) is 14.7 Å². The van der Waals surface area contributed by atoms with Gasteiger partial charge >= 0.3 is 0 Å². The summed E-state index contributed by atoms with van der Waals surface area (Å²) in [5.41, 5.74) is 2.21. The average Bonchev–Trinajstić information content (AvgIpc) is 3.41. The zero-order valence-corrected chi connectivity index (χ0v) is 20.8. The van der Waals surface area contributed by atoms with E-state index in [1.54, 1.807) is 41.4 Å². The number of para-hydroxylation sites is 1. The van der Waals surface area contributed by atoms with Gasteiger partial charge in [0.25, 0.3) is 11.8 Å². The SMILES string of the molecule is CNC[C@@H]1Oc2c(NC(=O)c3ccc(-c4nccs4)cc3)cccc2C(=O)N([C@H](C)CO)C[C@H]1C. The molecule has 0 fully saturated rings. The number of hydrogen-bond donors (Lipinski definition) is 3. The standard InChI is InChI=1S/C26H30N4O4S/c1-16-14-30(17(2)15-31)26(33)20-5-4-6-21(23(20)34-22(16)13-27-3)29-24(32)18-7-9-19(10-8-18)25-28-11-12-35-25/h4-12,16-17,22,27,31H,13-15H2,1-3H3,(H,29,32)/t16-,17-,22+/m1/s1. The van der Waals surface area contributed by atoms with Gasteiger partial charge in [-0.15, -0.1) is 11.3 Å². The molecule has 3 N–H and O–H groups in total. The smallest absolute Gasteiger partial charge is 0.258 e. The minimum absolute atomic E-state index is 0.00397. The average molecular weight is 495 g/mol. The van der Waals surface area contributed by atoms with E-state index < -0.39 is 0 Å². The molecule has 0 saturated carbocycles. The summed E-state index contributed by atoms with van der Waals surface area (Å²) in [4.78, 5) is 32.5. The summed E-state index contributed by atoms with van der Waals surface area (Å²) in [6.07, 6.45) is 1.51. The van der Waals surface area contributed by atoms with Crippen LogP contribution in [0.15, 0.2) is 54.0 Å². The number of rotatable bonds is 7. The maximum absolute atomic E-state index is 13.5. The summed E-state index contributed by atoms with van der Waals surface area (Å²) in [5, 5.41) is 18.6. The molecule has 3 aromatic rings. The van der Waals surface area contributed by atoms with Crippen LogP contribution in [0.5, 0.6) is 5.75 Å². The first kappa shape index (κ1) is 24.8. The number of anilines is 1. The first-order valence-electron chi connectivity index (χ1n) is 11.6. The van der Waals surface area contributed by atoms with Gasteiger partial charge in [-0.25, -0.2) is 4.98 Å². The van der Waals surface area contributed by atoms with Crippen LogP contribution in [0.1, 0.15) is 34.6 Å². The molecule has 1 aliphatic rings. The van der Waals surface area contributed by atoms with Crippen LogP contribution in [0.3, 0.4) is 0 Å². The number of nitrogens with one attached hydrogen (secondary N) is 2. The lowest BCUT2D eigenvalue weighted by Crippen LogP contribution is -2.49. The van der Waals surface area contributed by atoms with Gasteiger partial charge in [0.2, 0.25) is 0 Å². The Hall–Kier alpha value is -3.27. The molecule has 2 amide bonds. The van der Waals surface area contributed by atoms with Gasteiger partial charge in [-0.3, -0.25) is 9.59 Å². The van der Waals surface area contributed by atoms with Crippen LogP contribution in [0.4, 0.5) is 5.69 Å². The van der Waals surface area contributed by atoms with E-state index in [1.165, 1.54) is 11.3 Å². The van der Waals surface area contributed by atoms with Crippen molar-refractivity contribution in [1.82, 2.24) is 15.2 Å².